The Morgan fingerprint density at radius 3 is 2.85 bits per heavy atom. The fraction of sp³-hybridized carbons (Fsp3) is 0.235. The van der Waals surface area contributed by atoms with Crippen molar-refractivity contribution in [3.63, 3.8) is 0 Å². The largest absolute Gasteiger partial charge is 0.440 e. The molecule has 0 spiro atoms. The number of nitrogen functional groups attached to an aromatic ring is 1. The Morgan fingerprint density at radius 1 is 1.10 bits per heavy atom. The Bertz CT molecular complexity index is 776. The van der Waals surface area contributed by atoms with Crippen LogP contribution < -0.4 is 5.73 Å². The molecule has 1 unspecified atom stereocenters. The summed E-state index contributed by atoms with van der Waals surface area (Å²) >= 11 is 0. The van der Waals surface area contributed by atoms with E-state index in [0.717, 1.165) is 36.3 Å². The highest BCUT2D eigenvalue weighted by Crippen LogP contribution is 2.33. The summed E-state index contributed by atoms with van der Waals surface area (Å²) in [7, 11) is 0. The van der Waals surface area contributed by atoms with Crippen LogP contribution in [-0.2, 0) is 12.8 Å². The van der Waals surface area contributed by atoms with Crippen LogP contribution in [0.3, 0.4) is 0 Å². The minimum atomic E-state index is 0.374. The Balaban J connectivity index is 1.70. The average Bonchev–Trinajstić information content (AvgIpc) is 2.89. The highest BCUT2D eigenvalue weighted by molar-refractivity contribution is 5.76. The molecule has 1 atom stereocenters. The van der Waals surface area contributed by atoms with Crippen LogP contribution in [0.1, 0.15) is 29.4 Å². The molecule has 0 fully saturated rings. The number of oxazole rings is 1. The fourth-order valence-electron chi connectivity index (χ4n) is 3.04. The summed E-state index contributed by atoms with van der Waals surface area (Å²) in [6.45, 7) is 0. The van der Waals surface area contributed by atoms with Gasteiger partial charge in [-0.15, -0.1) is 0 Å². The number of rotatable bonds is 1. The Morgan fingerprint density at radius 2 is 1.95 bits per heavy atom. The predicted octanol–water partition coefficient (Wildman–Crippen LogP) is 3.68. The number of fused-ring (bicyclic) bond motifs is 2. The van der Waals surface area contributed by atoms with E-state index in [1.54, 1.807) is 0 Å². The first-order chi connectivity index (χ1) is 9.79. The van der Waals surface area contributed by atoms with E-state index in [0.29, 0.717) is 11.6 Å². The lowest BCUT2D eigenvalue weighted by molar-refractivity contribution is 0.438. The molecule has 1 aliphatic carbocycles. The zero-order chi connectivity index (χ0) is 13.5. The average molecular weight is 264 g/mol. The lowest BCUT2D eigenvalue weighted by atomic mass is 9.84. The van der Waals surface area contributed by atoms with Gasteiger partial charge in [-0.3, -0.25) is 0 Å². The molecule has 0 saturated heterocycles. The maximum absolute atomic E-state index is 5.91. The molecule has 3 aromatic rings. The molecule has 0 amide bonds. The number of aromatic nitrogens is 1. The maximum Gasteiger partial charge on any atom is 0.198 e. The molecular formula is C17H16N2O. The van der Waals surface area contributed by atoms with Gasteiger partial charge in [-0.2, -0.15) is 0 Å². The van der Waals surface area contributed by atoms with E-state index in [1.807, 2.05) is 18.2 Å². The van der Waals surface area contributed by atoms with Gasteiger partial charge in [0, 0.05) is 17.7 Å². The number of benzene rings is 2. The molecule has 1 aromatic heterocycles. The summed E-state index contributed by atoms with van der Waals surface area (Å²) in [5, 5.41) is 0. The lowest BCUT2D eigenvalue weighted by Gasteiger charge is -2.21. The van der Waals surface area contributed by atoms with Crippen molar-refractivity contribution >= 4 is 16.8 Å². The lowest BCUT2D eigenvalue weighted by Crippen LogP contribution is -2.12. The topological polar surface area (TPSA) is 52.0 Å². The summed E-state index contributed by atoms with van der Waals surface area (Å²) < 4.78 is 5.91. The third kappa shape index (κ3) is 1.86. The minimum Gasteiger partial charge on any atom is -0.440 e. The van der Waals surface area contributed by atoms with Crippen molar-refractivity contribution in [2.75, 3.05) is 5.73 Å². The quantitative estimate of drug-likeness (QED) is 0.682. The Labute approximate surface area is 117 Å². The molecule has 20 heavy (non-hydrogen) atoms. The smallest absolute Gasteiger partial charge is 0.198 e. The molecule has 0 radical (unpaired) electrons. The number of anilines is 1. The summed E-state index contributed by atoms with van der Waals surface area (Å²) in [6.07, 6.45) is 3.21. The second-order valence-corrected chi connectivity index (χ2v) is 5.49. The molecule has 1 heterocycles. The van der Waals surface area contributed by atoms with Crippen LogP contribution in [0, 0.1) is 0 Å². The van der Waals surface area contributed by atoms with E-state index in [-0.39, 0.29) is 0 Å². The second-order valence-electron chi connectivity index (χ2n) is 5.49. The SMILES string of the molecule is Nc1ccc2nc(C3CCc4ccccc4C3)oc2c1. The summed E-state index contributed by atoms with van der Waals surface area (Å²) in [5.41, 5.74) is 11.1. The van der Waals surface area contributed by atoms with Crippen LogP contribution in [0.2, 0.25) is 0 Å². The number of hydrogen-bond acceptors (Lipinski definition) is 3. The van der Waals surface area contributed by atoms with E-state index < -0.39 is 0 Å². The van der Waals surface area contributed by atoms with Gasteiger partial charge in [-0.1, -0.05) is 24.3 Å². The highest BCUT2D eigenvalue weighted by Gasteiger charge is 2.24. The minimum absolute atomic E-state index is 0.374. The number of nitrogens with two attached hydrogens (primary N) is 1. The van der Waals surface area contributed by atoms with Crippen molar-refractivity contribution in [2.24, 2.45) is 0 Å². The Hall–Kier alpha value is -2.29. The molecule has 1 aliphatic rings. The third-order valence-corrected chi connectivity index (χ3v) is 4.13. The monoisotopic (exact) mass is 264 g/mol. The van der Waals surface area contributed by atoms with Crippen LogP contribution >= 0.6 is 0 Å². The van der Waals surface area contributed by atoms with Gasteiger partial charge in [0.25, 0.3) is 0 Å². The molecule has 2 N–H and O–H groups in total. The number of nitrogens with zero attached hydrogens (tertiary/aromatic N) is 1. The third-order valence-electron chi connectivity index (χ3n) is 4.13. The van der Waals surface area contributed by atoms with Gasteiger partial charge < -0.3 is 10.2 Å². The van der Waals surface area contributed by atoms with Crippen LogP contribution in [0.5, 0.6) is 0 Å². The molecule has 2 aromatic carbocycles. The van der Waals surface area contributed by atoms with Gasteiger partial charge in [0.05, 0.1) is 0 Å². The van der Waals surface area contributed by atoms with E-state index in [4.69, 9.17) is 10.2 Å². The molecule has 0 bridgehead atoms. The van der Waals surface area contributed by atoms with E-state index in [2.05, 4.69) is 29.2 Å². The fourth-order valence-corrected chi connectivity index (χ4v) is 3.04. The maximum atomic E-state index is 5.91. The summed E-state index contributed by atoms with van der Waals surface area (Å²) in [4.78, 5) is 4.63. The van der Waals surface area contributed by atoms with E-state index in [1.165, 1.54) is 11.1 Å². The molecule has 4 rings (SSSR count). The molecule has 0 aliphatic heterocycles. The number of hydrogen-bond donors (Lipinski definition) is 1. The summed E-state index contributed by atoms with van der Waals surface area (Å²) in [5.74, 6) is 1.22. The van der Waals surface area contributed by atoms with Crippen molar-refractivity contribution in [3.8, 4) is 0 Å². The molecule has 3 nitrogen and oxygen atoms in total. The summed E-state index contributed by atoms with van der Waals surface area (Å²) in [6, 6.07) is 14.3. The zero-order valence-corrected chi connectivity index (χ0v) is 11.2. The van der Waals surface area contributed by atoms with Crippen molar-refractivity contribution in [2.45, 2.75) is 25.2 Å². The zero-order valence-electron chi connectivity index (χ0n) is 11.2. The van der Waals surface area contributed by atoms with Crippen LogP contribution in [0.4, 0.5) is 5.69 Å². The van der Waals surface area contributed by atoms with E-state index in [9.17, 15) is 0 Å². The number of aryl methyl sites for hydroxylation is 1. The van der Waals surface area contributed by atoms with E-state index >= 15 is 0 Å². The van der Waals surface area contributed by atoms with Gasteiger partial charge in [0.15, 0.2) is 11.5 Å². The van der Waals surface area contributed by atoms with Crippen molar-refractivity contribution in [3.05, 3.63) is 59.5 Å². The molecule has 3 heteroatoms. The highest BCUT2D eigenvalue weighted by atomic mass is 16.3. The predicted molar refractivity (Wildman–Crippen MR) is 79.6 cm³/mol. The van der Waals surface area contributed by atoms with Crippen molar-refractivity contribution in [1.29, 1.82) is 0 Å². The molecular weight excluding hydrogens is 248 g/mol. The first kappa shape index (κ1) is 11.5. The van der Waals surface area contributed by atoms with Gasteiger partial charge in [-0.05, 0) is 42.5 Å². The first-order valence-corrected chi connectivity index (χ1v) is 7.02. The van der Waals surface area contributed by atoms with Crippen LogP contribution in [0.25, 0.3) is 11.1 Å². The first-order valence-electron chi connectivity index (χ1n) is 7.02. The standard InChI is InChI=1S/C17H16N2O/c18-14-7-8-15-16(10-14)20-17(19-15)13-6-5-11-3-1-2-4-12(11)9-13/h1-4,7-8,10,13H,5-6,9,18H2. The second kappa shape index (κ2) is 4.37. The van der Waals surface area contributed by atoms with Crippen LogP contribution in [0.15, 0.2) is 46.9 Å². The van der Waals surface area contributed by atoms with Crippen molar-refractivity contribution in [1.82, 2.24) is 4.98 Å². The normalized spacial score (nSPS) is 18.1. The Kier molecular flexibility index (Phi) is 2.52. The van der Waals surface area contributed by atoms with Gasteiger partial charge >= 0.3 is 0 Å². The van der Waals surface area contributed by atoms with Gasteiger partial charge in [-0.25, -0.2) is 4.98 Å². The van der Waals surface area contributed by atoms with Gasteiger partial charge in [0.2, 0.25) is 0 Å². The van der Waals surface area contributed by atoms with Gasteiger partial charge in [0.1, 0.15) is 5.52 Å². The van der Waals surface area contributed by atoms with Crippen LogP contribution in [-0.4, -0.2) is 4.98 Å². The van der Waals surface area contributed by atoms with Crippen molar-refractivity contribution < 1.29 is 4.42 Å². The molecule has 100 valence electrons. The molecule has 0 saturated carbocycles.